The smallest absolute Gasteiger partial charge is 0.337 e. The van der Waals surface area contributed by atoms with Gasteiger partial charge in [0.2, 0.25) is 0 Å². The van der Waals surface area contributed by atoms with Gasteiger partial charge in [0.1, 0.15) is 5.82 Å². The van der Waals surface area contributed by atoms with E-state index in [4.69, 9.17) is 4.74 Å². The van der Waals surface area contributed by atoms with Crippen molar-refractivity contribution in [1.29, 1.82) is 0 Å². The van der Waals surface area contributed by atoms with Crippen LogP contribution in [0.15, 0.2) is 30.6 Å². The van der Waals surface area contributed by atoms with Gasteiger partial charge in [-0.25, -0.2) is 9.78 Å². The zero-order valence-corrected chi connectivity index (χ0v) is 16.3. The Morgan fingerprint density at radius 2 is 2.22 bits per heavy atom. The second kappa shape index (κ2) is 6.87. The van der Waals surface area contributed by atoms with E-state index < -0.39 is 0 Å². The van der Waals surface area contributed by atoms with Crippen LogP contribution in [0.5, 0.6) is 0 Å². The number of rotatable bonds is 5. The fourth-order valence-electron chi connectivity index (χ4n) is 4.32. The second-order valence-electron chi connectivity index (χ2n) is 8.28. The lowest BCUT2D eigenvalue weighted by atomic mass is 9.76. The predicted octanol–water partition coefficient (Wildman–Crippen LogP) is 4.30. The highest BCUT2D eigenvalue weighted by Gasteiger charge is 2.30. The third-order valence-corrected chi connectivity index (χ3v) is 5.75. The molecule has 0 unspecified atom stereocenters. The summed E-state index contributed by atoms with van der Waals surface area (Å²) in [6.07, 6.45) is 8.98. The molecule has 5 nitrogen and oxygen atoms in total. The minimum absolute atomic E-state index is 0.272. The van der Waals surface area contributed by atoms with E-state index in [1.54, 1.807) is 6.20 Å². The number of fused-ring (bicyclic) bond motifs is 3. The minimum Gasteiger partial charge on any atom is -0.465 e. The number of carbonyl (C=O) groups excluding carboxylic acids is 1. The molecule has 0 fully saturated rings. The first-order chi connectivity index (χ1) is 13.0. The van der Waals surface area contributed by atoms with E-state index in [1.165, 1.54) is 35.7 Å². The monoisotopic (exact) mass is 365 g/mol. The summed E-state index contributed by atoms with van der Waals surface area (Å²) in [6, 6.07) is 5.98. The zero-order chi connectivity index (χ0) is 19.0. The first kappa shape index (κ1) is 17.8. The molecule has 142 valence electrons. The number of carbonyl (C=O) groups is 1. The van der Waals surface area contributed by atoms with Crippen molar-refractivity contribution in [3.8, 4) is 0 Å². The maximum absolute atomic E-state index is 12.0. The van der Waals surface area contributed by atoms with Crippen LogP contribution in [0.1, 0.15) is 54.1 Å². The molecule has 0 saturated heterocycles. The average molecular weight is 365 g/mol. The number of H-pyrrole nitrogens is 1. The van der Waals surface area contributed by atoms with E-state index >= 15 is 0 Å². The fourth-order valence-corrected chi connectivity index (χ4v) is 4.32. The normalized spacial score (nSPS) is 15.7. The van der Waals surface area contributed by atoms with E-state index in [0.29, 0.717) is 11.0 Å². The van der Waals surface area contributed by atoms with Crippen molar-refractivity contribution in [2.45, 2.75) is 52.5 Å². The Morgan fingerprint density at radius 1 is 1.37 bits per heavy atom. The van der Waals surface area contributed by atoms with Crippen LogP contribution in [-0.4, -0.2) is 27.6 Å². The largest absolute Gasteiger partial charge is 0.465 e. The minimum atomic E-state index is -0.272. The summed E-state index contributed by atoms with van der Waals surface area (Å²) < 4.78 is 7.39. The van der Waals surface area contributed by atoms with Crippen LogP contribution in [0.2, 0.25) is 0 Å². The number of hydrogen-bond donors (Lipinski definition) is 1. The molecule has 0 atom stereocenters. The number of nitrogens with one attached hydrogen (secondary N) is 1. The van der Waals surface area contributed by atoms with E-state index in [0.717, 1.165) is 38.1 Å². The topological polar surface area (TPSA) is 59.9 Å². The molecule has 2 aromatic heterocycles. The molecule has 0 radical (unpaired) electrons. The average Bonchev–Trinajstić information content (AvgIpc) is 3.27. The standard InChI is InChI=1S/C22H27N3O2/c1-22(2)9-8-19-17(14-22)16-13-15(21(26)27-3)6-7-18(16)25(19)12-4-5-20-23-10-11-24-20/h6-7,10-11,13H,4-5,8-9,12,14H2,1-3H3,(H,23,24). The summed E-state index contributed by atoms with van der Waals surface area (Å²) in [5, 5.41) is 1.21. The Morgan fingerprint density at radius 3 is 2.96 bits per heavy atom. The summed E-state index contributed by atoms with van der Waals surface area (Å²) in [6.45, 7) is 5.63. The van der Waals surface area contributed by atoms with Gasteiger partial charge in [-0.15, -0.1) is 0 Å². The Bertz CT molecular complexity index is 967. The fraction of sp³-hybridized carbons (Fsp3) is 0.455. The molecule has 27 heavy (non-hydrogen) atoms. The van der Waals surface area contributed by atoms with Gasteiger partial charge in [0, 0.05) is 42.0 Å². The molecule has 1 aliphatic carbocycles. The summed E-state index contributed by atoms with van der Waals surface area (Å²) in [5.41, 5.74) is 4.99. The first-order valence-corrected chi connectivity index (χ1v) is 9.69. The molecular weight excluding hydrogens is 338 g/mol. The van der Waals surface area contributed by atoms with Gasteiger partial charge in [-0.05, 0) is 54.9 Å². The van der Waals surface area contributed by atoms with Crippen LogP contribution in [0.3, 0.4) is 0 Å². The summed E-state index contributed by atoms with van der Waals surface area (Å²) in [4.78, 5) is 19.5. The Hall–Kier alpha value is -2.56. The number of nitrogens with zero attached hydrogens (tertiary/aromatic N) is 2. The van der Waals surface area contributed by atoms with Crippen molar-refractivity contribution >= 4 is 16.9 Å². The summed E-state index contributed by atoms with van der Waals surface area (Å²) >= 11 is 0. The van der Waals surface area contributed by atoms with E-state index in [9.17, 15) is 4.79 Å². The molecule has 4 rings (SSSR count). The van der Waals surface area contributed by atoms with Crippen molar-refractivity contribution in [1.82, 2.24) is 14.5 Å². The summed E-state index contributed by atoms with van der Waals surface area (Å²) in [5.74, 6) is 0.765. The van der Waals surface area contributed by atoms with Gasteiger partial charge >= 0.3 is 5.97 Å². The van der Waals surface area contributed by atoms with Crippen LogP contribution in [-0.2, 0) is 30.5 Å². The molecule has 0 bridgehead atoms. The number of esters is 1. The quantitative estimate of drug-likeness (QED) is 0.686. The van der Waals surface area contributed by atoms with E-state index in [-0.39, 0.29) is 5.97 Å². The van der Waals surface area contributed by atoms with Crippen molar-refractivity contribution in [3.63, 3.8) is 0 Å². The molecule has 1 N–H and O–H groups in total. The number of hydrogen-bond acceptors (Lipinski definition) is 3. The first-order valence-electron chi connectivity index (χ1n) is 9.69. The number of aromatic amines is 1. The third kappa shape index (κ3) is 3.38. The Kier molecular flexibility index (Phi) is 4.54. The molecule has 1 aliphatic rings. The van der Waals surface area contributed by atoms with Crippen LogP contribution < -0.4 is 0 Å². The third-order valence-electron chi connectivity index (χ3n) is 5.75. The number of imidazole rings is 1. The van der Waals surface area contributed by atoms with Crippen LogP contribution >= 0.6 is 0 Å². The van der Waals surface area contributed by atoms with Crippen molar-refractivity contribution in [2.75, 3.05) is 7.11 Å². The van der Waals surface area contributed by atoms with Gasteiger partial charge in [-0.2, -0.15) is 0 Å². The van der Waals surface area contributed by atoms with Crippen molar-refractivity contribution in [2.24, 2.45) is 5.41 Å². The van der Waals surface area contributed by atoms with Gasteiger partial charge in [-0.3, -0.25) is 0 Å². The Labute approximate surface area is 159 Å². The highest BCUT2D eigenvalue weighted by Crippen LogP contribution is 2.40. The SMILES string of the molecule is COC(=O)c1ccc2c(c1)c1c(n2CCCc2ncc[nH]2)CCC(C)(C)C1. The van der Waals surface area contributed by atoms with Crippen LogP contribution in [0.4, 0.5) is 0 Å². The van der Waals surface area contributed by atoms with Crippen molar-refractivity contribution in [3.05, 3.63) is 53.2 Å². The molecule has 0 amide bonds. The highest BCUT2D eigenvalue weighted by atomic mass is 16.5. The number of aryl methyl sites for hydroxylation is 2. The maximum atomic E-state index is 12.0. The zero-order valence-electron chi connectivity index (χ0n) is 16.3. The lowest BCUT2D eigenvalue weighted by molar-refractivity contribution is 0.0601. The van der Waals surface area contributed by atoms with Gasteiger partial charge in [0.05, 0.1) is 12.7 Å². The molecule has 0 spiro atoms. The predicted molar refractivity (Wildman–Crippen MR) is 106 cm³/mol. The highest BCUT2D eigenvalue weighted by molar-refractivity contribution is 5.96. The lowest BCUT2D eigenvalue weighted by Gasteiger charge is -2.30. The number of ether oxygens (including phenoxy) is 1. The molecule has 2 heterocycles. The summed E-state index contributed by atoms with van der Waals surface area (Å²) in [7, 11) is 1.44. The van der Waals surface area contributed by atoms with Crippen molar-refractivity contribution < 1.29 is 9.53 Å². The van der Waals surface area contributed by atoms with E-state index in [2.05, 4.69) is 34.4 Å². The maximum Gasteiger partial charge on any atom is 0.337 e. The molecule has 3 aromatic rings. The lowest BCUT2D eigenvalue weighted by Crippen LogP contribution is -2.23. The number of methoxy groups -OCH3 is 1. The van der Waals surface area contributed by atoms with Gasteiger partial charge < -0.3 is 14.3 Å². The van der Waals surface area contributed by atoms with Crippen LogP contribution in [0.25, 0.3) is 10.9 Å². The Balaban J connectivity index is 1.72. The van der Waals surface area contributed by atoms with E-state index in [1.807, 2.05) is 18.3 Å². The second-order valence-corrected chi connectivity index (χ2v) is 8.28. The van der Waals surface area contributed by atoms with Gasteiger partial charge in [-0.1, -0.05) is 13.8 Å². The molecule has 1 aromatic carbocycles. The van der Waals surface area contributed by atoms with Crippen LogP contribution in [0, 0.1) is 5.41 Å². The molecular formula is C22H27N3O2. The molecule has 0 saturated carbocycles. The number of aromatic nitrogens is 3. The molecule has 5 heteroatoms. The van der Waals surface area contributed by atoms with Gasteiger partial charge in [0.15, 0.2) is 0 Å². The van der Waals surface area contributed by atoms with Gasteiger partial charge in [0.25, 0.3) is 0 Å². The number of benzene rings is 1. The molecule has 0 aliphatic heterocycles.